The van der Waals surface area contributed by atoms with Crippen molar-refractivity contribution in [3.8, 4) is 0 Å². The van der Waals surface area contributed by atoms with Crippen molar-refractivity contribution in [2.45, 2.75) is 4.90 Å². The van der Waals surface area contributed by atoms with Crippen LogP contribution in [0.3, 0.4) is 0 Å². The number of sulfonamides is 1. The maximum absolute atomic E-state index is 13.1. The van der Waals surface area contributed by atoms with Gasteiger partial charge in [-0.2, -0.15) is 0 Å². The molecule has 0 saturated carbocycles. The van der Waals surface area contributed by atoms with E-state index in [1.54, 1.807) is 0 Å². The van der Waals surface area contributed by atoms with Gasteiger partial charge in [0.1, 0.15) is 11.6 Å². The molecule has 6 nitrogen and oxygen atoms in total. The maximum atomic E-state index is 13.1. The van der Waals surface area contributed by atoms with Crippen LogP contribution in [0.1, 0.15) is 0 Å². The Bertz CT molecular complexity index is 805. The van der Waals surface area contributed by atoms with E-state index in [1.807, 2.05) is 0 Å². The van der Waals surface area contributed by atoms with E-state index < -0.39 is 32.6 Å². The zero-order valence-corrected chi connectivity index (χ0v) is 11.8. The molecular formula is C13H11F2N3O3S. The van der Waals surface area contributed by atoms with Crippen LogP contribution >= 0.6 is 0 Å². The number of carbonyl (C=O) groups is 1. The predicted octanol–water partition coefficient (Wildman–Crippen LogP) is 2.26. The number of rotatable bonds is 4. The molecule has 0 spiro atoms. The van der Waals surface area contributed by atoms with Gasteiger partial charge in [-0.15, -0.1) is 0 Å². The van der Waals surface area contributed by atoms with Crippen molar-refractivity contribution in [3.63, 3.8) is 0 Å². The fraction of sp³-hybridized carbons (Fsp3) is 0. The molecule has 2 aromatic carbocycles. The van der Waals surface area contributed by atoms with Gasteiger partial charge >= 0.3 is 6.03 Å². The molecule has 2 rings (SSSR count). The second-order valence-corrected chi connectivity index (χ2v) is 5.96. The van der Waals surface area contributed by atoms with E-state index in [4.69, 9.17) is 5.73 Å². The van der Waals surface area contributed by atoms with Crippen LogP contribution in [0.15, 0.2) is 47.4 Å². The van der Waals surface area contributed by atoms with Gasteiger partial charge in [-0.25, -0.2) is 22.0 Å². The zero-order chi connectivity index (χ0) is 16.3. The fourth-order valence-corrected chi connectivity index (χ4v) is 2.79. The number of nitrogens with one attached hydrogen (secondary N) is 2. The molecule has 0 saturated heterocycles. The number of nitrogens with two attached hydrogens (primary N) is 1. The number of benzene rings is 2. The summed E-state index contributed by atoms with van der Waals surface area (Å²) in [5, 5.41) is 2.27. The first-order chi connectivity index (χ1) is 10.3. The second-order valence-electron chi connectivity index (χ2n) is 4.28. The standard InChI is InChI=1S/C13H11F2N3O3S/c14-8-4-9(15)6-12(5-8)22(20,21)18-11-3-1-2-10(7-11)17-13(16)19/h1-7,18H,(H3,16,17,19). The van der Waals surface area contributed by atoms with Crippen LogP contribution in [-0.2, 0) is 10.0 Å². The molecule has 0 fully saturated rings. The minimum absolute atomic E-state index is 0.0934. The van der Waals surface area contributed by atoms with E-state index >= 15 is 0 Å². The number of anilines is 2. The average Bonchev–Trinajstić information content (AvgIpc) is 2.36. The minimum Gasteiger partial charge on any atom is -0.351 e. The SMILES string of the molecule is NC(=O)Nc1cccc(NS(=O)(=O)c2cc(F)cc(F)c2)c1. The van der Waals surface area contributed by atoms with Crippen molar-refractivity contribution in [2.24, 2.45) is 5.73 Å². The van der Waals surface area contributed by atoms with Gasteiger partial charge in [0, 0.05) is 11.8 Å². The highest BCUT2D eigenvalue weighted by atomic mass is 32.2. The Morgan fingerprint density at radius 1 is 1.00 bits per heavy atom. The van der Waals surface area contributed by atoms with E-state index in [1.165, 1.54) is 24.3 Å². The molecule has 0 atom stereocenters. The van der Waals surface area contributed by atoms with Crippen molar-refractivity contribution in [1.82, 2.24) is 0 Å². The fourth-order valence-electron chi connectivity index (χ4n) is 1.70. The first kappa shape index (κ1) is 15.7. The number of hydrogen-bond acceptors (Lipinski definition) is 3. The first-order valence-corrected chi connectivity index (χ1v) is 7.40. The molecule has 0 radical (unpaired) electrons. The summed E-state index contributed by atoms with van der Waals surface area (Å²) in [6, 6.07) is 6.80. The first-order valence-electron chi connectivity index (χ1n) is 5.92. The highest BCUT2D eigenvalue weighted by Gasteiger charge is 2.17. The van der Waals surface area contributed by atoms with Gasteiger partial charge in [0.25, 0.3) is 10.0 Å². The highest BCUT2D eigenvalue weighted by molar-refractivity contribution is 7.92. The van der Waals surface area contributed by atoms with Crippen molar-refractivity contribution in [1.29, 1.82) is 0 Å². The molecule has 0 unspecified atom stereocenters. The van der Waals surface area contributed by atoms with Gasteiger partial charge in [0.15, 0.2) is 0 Å². The Balaban J connectivity index is 2.30. The summed E-state index contributed by atoms with van der Waals surface area (Å²) in [7, 11) is -4.18. The number of hydrogen-bond donors (Lipinski definition) is 3. The lowest BCUT2D eigenvalue weighted by molar-refractivity contribution is 0.259. The Hall–Kier alpha value is -2.68. The van der Waals surface area contributed by atoms with Gasteiger partial charge < -0.3 is 11.1 Å². The Labute approximate surface area is 125 Å². The van der Waals surface area contributed by atoms with Crippen LogP contribution in [0.4, 0.5) is 25.0 Å². The summed E-state index contributed by atoms with van der Waals surface area (Å²) < 4.78 is 52.5. The van der Waals surface area contributed by atoms with Crippen LogP contribution in [-0.4, -0.2) is 14.4 Å². The summed E-state index contributed by atoms with van der Waals surface area (Å²) in [6.07, 6.45) is 0. The summed E-state index contributed by atoms with van der Waals surface area (Å²) in [5.41, 5.74) is 5.31. The lowest BCUT2D eigenvalue weighted by Crippen LogP contribution is -2.19. The van der Waals surface area contributed by atoms with Crippen molar-refractivity contribution in [3.05, 3.63) is 54.1 Å². The largest absolute Gasteiger partial charge is 0.351 e. The molecule has 2 aromatic rings. The van der Waals surface area contributed by atoms with Gasteiger partial charge in [0.05, 0.1) is 10.6 Å². The van der Waals surface area contributed by atoms with E-state index in [9.17, 15) is 22.0 Å². The van der Waals surface area contributed by atoms with Crippen molar-refractivity contribution in [2.75, 3.05) is 10.0 Å². The number of carbonyl (C=O) groups excluding carboxylic acids is 1. The zero-order valence-electron chi connectivity index (χ0n) is 11.0. The van der Waals surface area contributed by atoms with E-state index in [0.717, 1.165) is 0 Å². The van der Waals surface area contributed by atoms with E-state index in [2.05, 4.69) is 10.0 Å². The smallest absolute Gasteiger partial charge is 0.316 e. The molecule has 9 heteroatoms. The monoisotopic (exact) mass is 327 g/mol. The highest BCUT2D eigenvalue weighted by Crippen LogP contribution is 2.20. The molecule has 0 aromatic heterocycles. The molecule has 0 heterocycles. The topological polar surface area (TPSA) is 101 Å². The quantitative estimate of drug-likeness (QED) is 0.802. The summed E-state index contributed by atoms with van der Waals surface area (Å²) in [6.45, 7) is 0. The molecular weight excluding hydrogens is 316 g/mol. The number of primary amides is 1. The van der Waals surface area contributed by atoms with Crippen LogP contribution in [0.5, 0.6) is 0 Å². The normalized spacial score (nSPS) is 11.0. The minimum atomic E-state index is -4.18. The van der Waals surface area contributed by atoms with Crippen LogP contribution < -0.4 is 15.8 Å². The third-order valence-corrected chi connectivity index (χ3v) is 3.89. The molecule has 0 aliphatic carbocycles. The lowest BCUT2D eigenvalue weighted by atomic mass is 10.3. The molecule has 0 aliphatic heterocycles. The van der Waals surface area contributed by atoms with Gasteiger partial charge in [0.2, 0.25) is 0 Å². The summed E-state index contributed by atoms with van der Waals surface area (Å²) in [5.74, 6) is -2.02. The van der Waals surface area contributed by atoms with Crippen LogP contribution in [0, 0.1) is 11.6 Å². The average molecular weight is 327 g/mol. The Morgan fingerprint density at radius 3 is 2.18 bits per heavy atom. The van der Waals surface area contributed by atoms with Crippen LogP contribution in [0.25, 0.3) is 0 Å². The summed E-state index contributed by atoms with van der Waals surface area (Å²) in [4.78, 5) is 10.2. The van der Waals surface area contributed by atoms with E-state index in [0.29, 0.717) is 18.2 Å². The van der Waals surface area contributed by atoms with Crippen molar-refractivity contribution >= 4 is 27.4 Å². The molecule has 22 heavy (non-hydrogen) atoms. The third kappa shape index (κ3) is 3.92. The second kappa shape index (κ2) is 5.98. The van der Waals surface area contributed by atoms with Crippen molar-refractivity contribution < 1.29 is 22.0 Å². The predicted molar refractivity (Wildman–Crippen MR) is 76.8 cm³/mol. The number of amides is 2. The van der Waals surface area contributed by atoms with Gasteiger partial charge in [-0.3, -0.25) is 4.72 Å². The number of urea groups is 1. The van der Waals surface area contributed by atoms with Gasteiger partial charge in [-0.05, 0) is 30.3 Å². The van der Waals surface area contributed by atoms with E-state index in [-0.39, 0.29) is 11.4 Å². The molecule has 2 amide bonds. The Kier molecular flexibility index (Phi) is 4.27. The Morgan fingerprint density at radius 2 is 1.59 bits per heavy atom. The molecule has 4 N–H and O–H groups in total. The third-order valence-electron chi connectivity index (χ3n) is 2.53. The molecule has 116 valence electrons. The lowest BCUT2D eigenvalue weighted by Gasteiger charge is -2.10. The molecule has 0 bridgehead atoms. The maximum Gasteiger partial charge on any atom is 0.316 e. The van der Waals surface area contributed by atoms with Gasteiger partial charge in [-0.1, -0.05) is 6.07 Å². The summed E-state index contributed by atoms with van der Waals surface area (Å²) >= 11 is 0. The number of halogens is 2. The van der Waals surface area contributed by atoms with Crippen LogP contribution in [0.2, 0.25) is 0 Å². The molecule has 0 aliphatic rings.